The number of aliphatic hydroxyl groups is 1. The predicted molar refractivity (Wildman–Crippen MR) is 66.6 cm³/mol. The molecule has 0 saturated carbocycles. The largest absolute Gasteiger partial charge is 0.502 e. The molecule has 0 fully saturated rings. The summed E-state index contributed by atoms with van der Waals surface area (Å²) >= 11 is 6.54. The summed E-state index contributed by atoms with van der Waals surface area (Å²) in [5.41, 5.74) is 0.541. The molecule has 0 heterocycles. The number of carboxylic acid groups (broad SMARTS) is 1. The number of benzene rings is 1. The number of ether oxygens (including phenoxy) is 1. The molecule has 2 N–H and O–H groups in total. The molecule has 0 aliphatic heterocycles. The smallest absolute Gasteiger partial charge is 0.370 e. The first-order valence-corrected chi connectivity index (χ1v) is 5.71. The molecule has 1 aromatic rings. The Balaban J connectivity index is 3.19. The summed E-state index contributed by atoms with van der Waals surface area (Å²) in [6.07, 6.45) is 1.15. The highest BCUT2D eigenvalue weighted by molar-refractivity contribution is 9.11. The molecule has 0 bridgehead atoms. The fraction of sp³-hybridized carbons (Fsp3) is 0.100. The molecule has 1 rings (SSSR count). The minimum Gasteiger partial charge on any atom is -0.502 e. The molecule has 16 heavy (non-hydrogen) atoms. The number of hydrogen-bond donors (Lipinski definition) is 2. The molecule has 0 aromatic heterocycles. The molecule has 0 amide bonds. The average Bonchev–Trinajstić information content (AvgIpc) is 2.16. The van der Waals surface area contributed by atoms with Crippen LogP contribution in [0.25, 0.3) is 6.08 Å². The molecule has 0 atom stereocenters. The SMILES string of the molecule is COc1c(Br)cc(/C=C(\O)C(=O)O)cc1Br. The van der Waals surface area contributed by atoms with Crippen molar-refractivity contribution in [1.82, 2.24) is 0 Å². The van der Waals surface area contributed by atoms with E-state index in [1.165, 1.54) is 7.11 Å². The van der Waals surface area contributed by atoms with Gasteiger partial charge < -0.3 is 14.9 Å². The topological polar surface area (TPSA) is 66.8 Å². The van der Waals surface area contributed by atoms with Gasteiger partial charge in [-0.2, -0.15) is 0 Å². The van der Waals surface area contributed by atoms with Crippen LogP contribution in [-0.4, -0.2) is 23.3 Å². The third kappa shape index (κ3) is 2.99. The first-order chi connectivity index (χ1) is 7.45. The normalized spacial score (nSPS) is 11.3. The van der Waals surface area contributed by atoms with Crippen LogP contribution < -0.4 is 4.74 Å². The zero-order valence-corrected chi connectivity index (χ0v) is 11.4. The van der Waals surface area contributed by atoms with Crippen molar-refractivity contribution in [1.29, 1.82) is 0 Å². The number of rotatable bonds is 3. The molecule has 0 spiro atoms. The van der Waals surface area contributed by atoms with E-state index in [1.54, 1.807) is 12.1 Å². The molecular formula is C10H8Br2O4. The summed E-state index contributed by atoms with van der Waals surface area (Å²) in [6.45, 7) is 0. The Labute approximate surface area is 109 Å². The lowest BCUT2D eigenvalue weighted by Gasteiger charge is -2.07. The van der Waals surface area contributed by atoms with E-state index in [2.05, 4.69) is 31.9 Å². The van der Waals surface area contributed by atoms with Gasteiger partial charge in [-0.25, -0.2) is 4.79 Å². The Bertz CT molecular complexity index is 431. The van der Waals surface area contributed by atoms with Crippen LogP contribution in [0.2, 0.25) is 0 Å². The van der Waals surface area contributed by atoms with Crippen LogP contribution in [0.5, 0.6) is 5.75 Å². The van der Waals surface area contributed by atoms with E-state index in [-0.39, 0.29) is 0 Å². The molecule has 1 aromatic carbocycles. The quantitative estimate of drug-likeness (QED) is 0.648. The lowest BCUT2D eigenvalue weighted by Crippen LogP contribution is -1.98. The number of aliphatic hydroxyl groups excluding tert-OH is 1. The number of aliphatic carboxylic acids is 1. The summed E-state index contributed by atoms with van der Waals surface area (Å²) in [5, 5.41) is 17.6. The number of carboxylic acids is 1. The Morgan fingerprint density at radius 1 is 1.31 bits per heavy atom. The van der Waals surface area contributed by atoms with E-state index < -0.39 is 11.7 Å². The minimum atomic E-state index is -1.37. The van der Waals surface area contributed by atoms with E-state index in [1.807, 2.05) is 0 Å². The zero-order chi connectivity index (χ0) is 12.3. The van der Waals surface area contributed by atoms with E-state index in [4.69, 9.17) is 14.9 Å². The molecule has 0 unspecified atom stereocenters. The maximum absolute atomic E-state index is 10.4. The minimum absolute atomic E-state index is 0.541. The standard InChI is InChI=1S/C10H8Br2O4/c1-16-9-6(11)2-5(3-7(9)12)4-8(13)10(14)15/h2-4,13H,1H3,(H,14,15)/b8-4-. The van der Waals surface area contributed by atoms with E-state index in [0.717, 1.165) is 6.08 Å². The van der Waals surface area contributed by atoms with Gasteiger partial charge in [0.25, 0.3) is 0 Å². The summed E-state index contributed by atoms with van der Waals surface area (Å²) in [5.74, 6) is -1.49. The maximum atomic E-state index is 10.4. The third-order valence-electron chi connectivity index (χ3n) is 1.75. The van der Waals surface area contributed by atoms with Crippen molar-refractivity contribution in [3.63, 3.8) is 0 Å². The summed E-state index contributed by atoms with van der Waals surface area (Å²) in [6, 6.07) is 3.28. The van der Waals surface area contributed by atoms with Crippen LogP contribution in [-0.2, 0) is 4.79 Å². The Morgan fingerprint density at radius 3 is 2.19 bits per heavy atom. The first kappa shape index (κ1) is 13.1. The fourth-order valence-electron chi connectivity index (χ4n) is 1.08. The van der Waals surface area contributed by atoms with Crippen molar-refractivity contribution in [3.05, 3.63) is 32.4 Å². The molecule has 0 radical (unpaired) electrons. The van der Waals surface area contributed by atoms with Gasteiger partial charge in [-0.3, -0.25) is 0 Å². The molecule has 0 aliphatic carbocycles. The predicted octanol–water partition coefficient (Wildman–Crippen LogP) is 3.20. The highest BCUT2D eigenvalue weighted by Gasteiger charge is 2.09. The van der Waals surface area contributed by atoms with Crippen molar-refractivity contribution in [2.45, 2.75) is 0 Å². The van der Waals surface area contributed by atoms with Gasteiger partial charge in [0.05, 0.1) is 16.1 Å². The Hall–Kier alpha value is -1.01. The molecular weight excluding hydrogens is 344 g/mol. The van der Waals surface area contributed by atoms with Crippen molar-refractivity contribution in [3.8, 4) is 5.75 Å². The zero-order valence-electron chi connectivity index (χ0n) is 8.20. The third-order valence-corrected chi connectivity index (χ3v) is 2.93. The van der Waals surface area contributed by atoms with Gasteiger partial charge in [0.2, 0.25) is 5.76 Å². The molecule has 6 heteroatoms. The van der Waals surface area contributed by atoms with Gasteiger partial charge >= 0.3 is 5.97 Å². The Kier molecular flexibility index (Phi) is 4.37. The van der Waals surface area contributed by atoms with Crippen LogP contribution in [0.15, 0.2) is 26.8 Å². The van der Waals surface area contributed by atoms with E-state index in [9.17, 15) is 4.79 Å². The van der Waals surface area contributed by atoms with E-state index in [0.29, 0.717) is 20.3 Å². The lowest BCUT2D eigenvalue weighted by molar-refractivity contribution is -0.135. The van der Waals surface area contributed by atoms with Crippen molar-refractivity contribution < 1.29 is 19.7 Å². The summed E-state index contributed by atoms with van der Waals surface area (Å²) in [7, 11) is 1.52. The summed E-state index contributed by atoms with van der Waals surface area (Å²) in [4.78, 5) is 10.4. The van der Waals surface area contributed by atoms with Gasteiger partial charge in [0.1, 0.15) is 5.75 Å². The van der Waals surface area contributed by atoms with Gasteiger partial charge in [-0.1, -0.05) is 0 Å². The second kappa shape index (κ2) is 5.36. The monoisotopic (exact) mass is 350 g/mol. The van der Waals surface area contributed by atoms with Crippen LogP contribution in [0.3, 0.4) is 0 Å². The van der Waals surface area contributed by atoms with Crippen molar-refractivity contribution in [2.24, 2.45) is 0 Å². The lowest BCUT2D eigenvalue weighted by atomic mass is 10.2. The molecule has 86 valence electrons. The molecule has 0 saturated heterocycles. The summed E-state index contributed by atoms with van der Waals surface area (Å²) < 4.78 is 6.41. The van der Waals surface area contributed by atoms with Crippen LogP contribution in [0.1, 0.15) is 5.56 Å². The van der Waals surface area contributed by atoms with Crippen LogP contribution in [0, 0.1) is 0 Å². The van der Waals surface area contributed by atoms with Gasteiger partial charge in [0, 0.05) is 0 Å². The number of halogens is 2. The molecule has 0 aliphatic rings. The van der Waals surface area contributed by atoms with Crippen molar-refractivity contribution >= 4 is 43.9 Å². The molecule has 4 nitrogen and oxygen atoms in total. The van der Waals surface area contributed by atoms with Gasteiger partial charge in [-0.15, -0.1) is 0 Å². The van der Waals surface area contributed by atoms with Gasteiger partial charge in [-0.05, 0) is 55.6 Å². The number of carbonyl (C=O) groups is 1. The maximum Gasteiger partial charge on any atom is 0.370 e. The first-order valence-electron chi connectivity index (χ1n) is 4.12. The van der Waals surface area contributed by atoms with Crippen LogP contribution in [0.4, 0.5) is 0 Å². The fourth-order valence-corrected chi connectivity index (χ4v) is 2.62. The highest BCUT2D eigenvalue weighted by atomic mass is 79.9. The highest BCUT2D eigenvalue weighted by Crippen LogP contribution is 2.34. The van der Waals surface area contributed by atoms with Gasteiger partial charge in [0.15, 0.2) is 0 Å². The van der Waals surface area contributed by atoms with Crippen LogP contribution >= 0.6 is 31.9 Å². The number of methoxy groups -OCH3 is 1. The van der Waals surface area contributed by atoms with E-state index >= 15 is 0 Å². The number of hydrogen-bond acceptors (Lipinski definition) is 3. The average molecular weight is 352 g/mol. The second-order valence-corrected chi connectivity index (χ2v) is 4.56. The Morgan fingerprint density at radius 2 is 1.81 bits per heavy atom. The van der Waals surface area contributed by atoms with Crippen molar-refractivity contribution in [2.75, 3.05) is 7.11 Å². The second-order valence-electron chi connectivity index (χ2n) is 2.85.